The highest BCUT2D eigenvalue weighted by Crippen LogP contribution is 1.91. The molecule has 0 aromatic carbocycles. The maximum absolute atomic E-state index is 4.87. The lowest BCUT2D eigenvalue weighted by atomic mass is 10.5. The number of halogens is 2. The molecule has 0 aromatic rings. The zero-order valence-electron chi connectivity index (χ0n) is 6.03. The predicted molar refractivity (Wildman–Crippen MR) is 42.9 cm³/mol. The normalized spacial score (nSPS) is 10.7. The molecule has 0 aliphatic heterocycles. The lowest BCUT2D eigenvalue weighted by Crippen LogP contribution is -3.00. The third-order valence-corrected chi connectivity index (χ3v) is 1.28. The van der Waals surface area contributed by atoms with Gasteiger partial charge in [0.1, 0.15) is 36.2 Å². The topological polar surface area (TPSA) is 9.23 Å². The van der Waals surface area contributed by atoms with Crippen molar-refractivity contribution in [3.63, 3.8) is 0 Å². The monoisotopic (exact) mass is 265 g/mol. The fourth-order valence-corrected chi connectivity index (χ4v) is 0.505. The average Bonchev–Trinajstić information content (AvgIpc) is 1.59. The SMILES string of the molecule is C[N+](C)(C)CCOI.[Cl-]. The van der Waals surface area contributed by atoms with Crippen LogP contribution in [0.15, 0.2) is 0 Å². The molecule has 9 heavy (non-hydrogen) atoms. The van der Waals surface area contributed by atoms with Crippen LogP contribution in [0.3, 0.4) is 0 Å². The zero-order valence-corrected chi connectivity index (χ0v) is 8.94. The highest BCUT2D eigenvalue weighted by atomic mass is 127. The summed E-state index contributed by atoms with van der Waals surface area (Å²) in [4.78, 5) is 0. The molecule has 0 N–H and O–H groups in total. The number of quaternary nitrogens is 1. The molecule has 0 amide bonds. The third kappa shape index (κ3) is 12.2. The second kappa shape index (κ2) is 5.70. The van der Waals surface area contributed by atoms with Gasteiger partial charge in [0.05, 0.1) is 21.1 Å². The summed E-state index contributed by atoms with van der Waals surface area (Å²) in [6.07, 6.45) is 0. The van der Waals surface area contributed by atoms with Crippen LogP contribution in [0.1, 0.15) is 0 Å². The van der Waals surface area contributed by atoms with E-state index in [1.165, 1.54) is 0 Å². The van der Waals surface area contributed by atoms with E-state index in [0.717, 1.165) is 17.6 Å². The Morgan fingerprint density at radius 1 is 1.33 bits per heavy atom. The zero-order chi connectivity index (χ0) is 6.62. The Labute approximate surface area is 77.2 Å². The largest absolute Gasteiger partial charge is 1.00 e. The van der Waals surface area contributed by atoms with Gasteiger partial charge in [-0.25, -0.2) is 0 Å². The van der Waals surface area contributed by atoms with E-state index in [-0.39, 0.29) is 12.4 Å². The molecule has 0 rings (SSSR count). The summed E-state index contributed by atoms with van der Waals surface area (Å²) in [7, 11) is 6.45. The number of hydrogen-bond acceptors (Lipinski definition) is 1. The molecule has 4 heteroatoms. The number of likely N-dealkylation sites (N-methyl/N-ethyl adjacent to an activating group) is 1. The van der Waals surface area contributed by atoms with Crippen molar-refractivity contribution < 1.29 is 20.0 Å². The maximum Gasteiger partial charge on any atom is 0.109 e. The summed E-state index contributed by atoms with van der Waals surface area (Å²) in [5, 5.41) is 0. The van der Waals surface area contributed by atoms with Crippen molar-refractivity contribution in [2.45, 2.75) is 0 Å². The van der Waals surface area contributed by atoms with Gasteiger partial charge in [-0.1, -0.05) is 0 Å². The molecular weight excluding hydrogens is 252 g/mol. The van der Waals surface area contributed by atoms with E-state index >= 15 is 0 Å². The molecule has 0 heterocycles. The van der Waals surface area contributed by atoms with Gasteiger partial charge in [0.15, 0.2) is 0 Å². The minimum atomic E-state index is 0. The summed E-state index contributed by atoms with van der Waals surface area (Å²) >= 11 is 1.92. The van der Waals surface area contributed by atoms with E-state index in [2.05, 4.69) is 21.1 Å². The van der Waals surface area contributed by atoms with Crippen LogP contribution in [-0.4, -0.2) is 38.8 Å². The van der Waals surface area contributed by atoms with Crippen molar-refractivity contribution in [1.82, 2.24) is 0 Å². The van der Waals surface area contributed by atoms with Gasteiger partial charge in [0.2, 0.25) is 0 Å². The smallest absolute Gasteiger partial charge is 0.109 e. The van der Waals surface area contributed by atoms with E-state index in [1.54, 1.807) is 0 Å². The van der Waals surface area contributed by atoms with E-state index in [0.29, 0.717) is 0 Å². The van der Waals surface area contributed by atoms with Gasteiger partial charge in [0, 0.05) is 0 Å². The number of nitrogens with zero attached hydrogens (tertiary/aromatic N) is 1. The van der Waals surface area contributed by atoms with Crippen molar-refractivity contribution in [1.29, 1.82) is 0 Å². The van der Waals surface area contributed by atoms with Gasteiger partial charge >= 0.3 is 0 Å². The molecule has 0 fully saturated rings. The van der Waals surface area contributed by atoms with Crippen molar-refractivity contribution in [2.75, 3.05) is 34.3 Å². The molecule has 0 spiro atoms. The van der Waals surface area contributed by atoms with Crippen LogP contribution >= 0.6 is 23.0 Å². The Bertz CT molecular complexity index is 64.5. The molecule has 58 valence electrons. The standard InChI is InChI=1S/C5H13INO.ClH/c1-7(2,3)4-5-8-6;/h4-5H2,1-3H3;1H/q+1;/p-1. The van der Waals surface area contributed by atoms with Crippen LogP contribution in [0.5, 0.6) is 0 Å². The van der Waals surface area contributed by atoms with Crippen LogP contribution in [0, 0.1) is 0 Å². The van der Waals surface area contributed by atoms with Crippen LogP contribution < -0.4 is 12.4 Å². The molecule has 0 bridgehead atoms. The molecule has 0 aliphatic rings. The lowest BCUT2D eigenvalue weighted by Gasteiger charge is -2.22. The van der Waals surface area contributed by atoms with Crippen LogP contribution in [0.25, 0.3) is 0 Å². The second-order valence-corrected chi connectivity index (χ2v) is 3.45. The fraction of sp³-hybridized carbons (Fsp3) is 1.00. The van der Waals surface area contributed by atoms with Crippen molar-refractivity contribution >= 4 is 23.0 Å². The Hall–Kier alpha value is 0.940. The highest BCUT2D eigenvalue weighted by Gasteiger charge is 2.04. The number of rotatable bonds is 3. The Morgan fingerprint density at radius 3 is 1.89 bits per heavy atom. The van der Waals surface area contributed by atoms with Crippen LogP contribution in [-0.2, 0) is 3.07 Å². The van der Waals surface area contributed by atoms with Gasteiger partial charge in [0.25, 0.3) is 0 Å². The van der Waals surface area contributed by atoms with E-state index in [1.807, 2.05) is 23.0 Å². The predicted octanol–water partition coefficient (Wildman–Crippen LogP) is -1.94. The Morgan fingerprint density at radius 2 is 1.78 bits per heavy atom. The quantitative estimate of drug-likeness (QED) is 0.426. The maximum atomic E-state index is 4.87. The van der Waals surface area contributed by atoms with Crippen molar-refractivity contribution in [3.05, 3.63) is 0 Å². The van der Waals surface area contributed by atoms with Gasteiger partial charge in [-0.05, 0) is 0 Å². The molecule has 0 unspecified atom stereocenters. The molecule has 0 aliphatic carbocycles. The van der Waals surface area contributed by atoms with Gasteiger partial charge in [-0.2, -0.15) is 0 Å². The van der Waals surface area contributed by atoms with E-state index < -0.39 is 0 Å². The highest BCUT2D eigenvalue weighted by molar-refractivity contribution is 14.1. The van der Waals surface area contributed by atoms with E-state index in [9.17, 15) is 0 Å². The van der Waals surface area contributed by atoms with Gasteiger partial charge in [-0.15, -0.1) is 0 Å². The van der Waals surface area contributed by atoms with Crippen LogP contribution in [0.2, 0.25) is 0 Å². The molecule has 0 saturated heterocycles. The molecule has 0 saturated carbocycles. The molecule has 0 atom stereocenters. The van der Waals surface area contributed by atoms with Gasteiger partial charge < -0.3 is 20.0 Å². The molecule has 2 nitrogen and oxygen atoms in total. The van der Waals surface area contributed by atoms with Crippen molar-refractivity contribution in [3.8, 4) is 0 Å². The fourth-order valence-electron chi connectivity index (χ4n) is 0.308. The summed E-state index contributed by atoms with van der Waals surface area (Å²) in [5.74, 6) is 0. The van der Waals surface area contributed by atoms with Crippen LogP contribution in [0.4, 0.5) is 0 Å². The minimum Gasteiger partial charge on any atom is -1.00 e. The first-order valence-electron chi connectivity index (χ1n) is 2.60. The van der Waals surface area contributed by atoms with Gasteiger partial charge in [-0.3, -0.25) is 0 Å². The Balaban J connectivity index is 0. The third-order valence-electron chi connectivity index (χ3n) is 0.839. The summed E-state index contributed by atoms with van der Waals surface area (Å²) < 4.78 is 5.85. The minimum absolute atomic E-state index is 0. The van der Waals surface area contributed by atoms with Crippen molar-refractivity contribution in [2.24, 2.45) is 0 Å². The average molecular weight is 266 g/mol. The first kappa shape index (κ1) is 12.6. The molecule has 0 aromatic heterocycles. The molecular formula is C5H13ClINO. The molecule has 0 radical (unpaired) electrons. The summed E-state index contributed by atoms with van der Waals surface area (Å²) in [6, 6.07) is 0. The lowest BCUT2D eigenvalue weighted by molar-refractivity contribution is -0.870. The Kier molecular flexibility index (Phi) is 7.99. The first-order valence-corrected chi connectivity index (χ1v) is 3.48. The summed E-state index contributed by atoms with van der Waals surface area (Å²) in [6.45, 7) is 1.91. The number of hydrogen-bond donors (Lipinski definition) is 0. The first-order chi connectivity index (χ1) is 3.56. The van der Waals surface area contributed by atoms with E-state index in [4.69, 9.17) is 3.07 Å². The second-order valence-electron chi connectivity index (χ2n) is 2.83. The summed E-state index contributed by atoms with van der Waals surface area (Å²) in [5.41, 5.74) is 0.